The zero-order valence-corrected chi connectivity index (χ0v) is 18.1. The molecule has 2 aromatic carbocycles. The molecule has 2 aromatic heterocycles. The predicted octanol–water partition coefficient (Wildman–Crippen LogP) is 5.36. The van der Waals surface area contributed by atoms with E-state index in [0.29, 0.717) is 11.4 Å². The summed E-state index contributed by atoms with van der Waals surface area (Å²) in [4.78, 5) is 18.4. The van der Waals surface area contributed by atoms with E-state index in [4.69, 9.17) is 0 Å². The average molecular weight is 454 g/mol. The fraction of sp³-hybridized carbons (Fsp3) is 0.174. The number of urea groups is 1. The summed E-state index contributed by atoms with van der Waals surface area (Å²) in [5.74, 6) is 0. The Hall–Kier alpha value is -4.08. The van der Waals surface area contributed by atoms with Gasteiger partial charge in [-0.1, -0.05) is 12.1 Å². The van der Waals surface area contributed by atoms with Crippen LogP contribution in [-0.4, -0.2) is 34.9 Å². The SMILES string of the molecule is CN(C)c1ccc(C(F)(F)F)cc1NC(=O)Nc1ccc(-c2cncc3c2cnn3C)cc1. The topological polar surface area (TPSA) is 75.1 Å². The summed E-state index contributed by atoms with van der Waals surface area (Å²) in [5, 5.41) is 10.4. The standard InChI is InChI=1S/C23H21F3N6O/c1-31(2)20-9-6-15(23(24,25)26)10-19(20)30-22(33)29-16-7-4-14(5-8-16)17-11-27-13-21-18(17)12-28-32(21)3/h4-13H,1-3H3,(H2,29,30,33). The van der Waals surface area contributed by atoms with Crippen molar-refractivity contribution in [1.29, 1.82) is 0 Å². The number of anilines is 3. The fourth-order valence-corrected chi connectivity index (χ4v) is 3.51. The number of halogens is 3. The number of fused-ring (bicyclic) bond motifs is 1. The summed E-state index contributed by atoms with van der Waals surface area (Å²) in [5.41, 5.74) is 2.83. The molecule has 0 unspecified atom stereocenters. The Morgan fingerprint density at radius 2 is 1.73 bits per heavy atom. The molecule has 2 N–H and O–H groups in total. The molecule has 0 saturated carbocycles. The highest BCUT2D eigenvalue weighted by Crippen LogP contribution is 2.35. The molecule has 0 radical (unpaired) electrons. The number of aryl methyl sites for hydroxylation is 1. The zero-order valence-electron chi connectivity index (χ0n) is 18.1. The van der Waals surface area contributed by atoms with Crippen molar-refractivity contribution in [2.24, 2.45) is 7.05 Å². The number of rotatable bonds is 4. The van der Waals surface area contributed by atoms with E-state index < -0.39 is 17.8 Å². The monoisotopic (exact) mass is 454 g/mol. The van der Waals surface area contributed by atoms with Crippen molar-refractivity contribution in [3.63, 3.8) is 0 Å². The number of hydrogen-bond donors (Lipinski definition) is 2. The molecule has 0 fully saturated rings. The van der Waals surface area contributed by atoms with E-state index in [-0.39, 0.29) is 5.69 Å². The van der Waals surface area contributed by atoms with Gasteiger partial charge in [0.25, 0.3) is 0 Å². The Kier molecular flexibility index (Phi) is 5.67. The van der Waals surface area contributed by atoms with Crippen LogP contribution in [0, 0.1) is 0 Å². The Morgan fingerprint density at radius 3 is 2.39 bits per heavy atom. The number of hydrogen-bond acceptors (Lipinski definition) is 4. The number of nitrogens with one attached hydrogen (secondary N) is 2. The molecule has 2 amide bonds. The Morgan fingerprint density at radius 1 is 1.00 bits per heavy atom. The highest BCUT2D eigenvalue weighted by molar-refractivity contribution is 6.02. The van der Waals surface area contributed by atoms with Crippen LogP contribution in [0.4, 0.5) is 35.0 Å². The molecule has 0 aliphatic rings. The summed E-state index contributed by atoms with van der Waals surface area (Å²) in [6.07, 6.45) is 0.736. The smallest absolute Gasteiger partial charge is 0.376 e. The van der Waals surface area contributed by atoms with Crippen LogP contribution in [0.5, 0.6) is 0 Å². The van der Waals surface area contributed by atoms with Crippen molar-refractivity contribution >= 4 is 34.0 Å². The summed E-state index contributed by atoms with van der Waals surface area (Å²) in [7, 11) is 5.20. The first-order valence-corrected chi connectivity index (χ1v) is 9.96. The van der Waals surface area contributed by atoms with E-state index in [1.54, 1.807) is 54.4 Å². The maximum atomic E-state index is 13.1. The third-order valence-electron chi connectivity index (χ3n) is 5.18. The van der Waals surface area contributed by atoms with E-state index in [2.05, 4.69) is 20.7 Å². The van der Waals surface area contributed by atoms with E-state index in [9.17, 15) is 18.0 Å². The molecular weight excluding hydrogens is 433 g/mol. The molecule has 4 aromatic rings. The summed E-state index contributed by atoms with van der Waals surface area (Å²) < 4.78 is 41.1. The van der Waals surface area contributed by atoms with Crippen LogP contribution in [0.2, 0.25) is 0 Å². The maximum absolute atomic E-state index is 13.1. The Bertz CT molecular complexity index is 1310. The molecule has 7 nitrogen and oxygen atoms in total. The lowest BCUT2D eigenvalue weighted by atomic mass is 10.0. The number of amides is 2. The first-order chi connectivity index (χ1) is 15.6. The van der Waals surface area contributed by atoms with E-state index in [1.807, 2.05) is 19.2 Å². The van der Waals surface area contributed by atoms with Gasteiger partial charge in [-0.2, -0.15) is 18.3 Å². The van der Waals surface area contributed by atoms with Gasteiger partial charge in [0.15, 0.2) is 0 Å². The molecule has 0 aliphatic carbocycles. The van der Waals surface area contributed by atoms with E-state index in [1.165, 1.54) is 6.07 Å². The van der Waals surface area contributed by atoms with Crippen LogP contribution in [0.1, 0.15) is 5.56 Å². The third-order valence-corrected chi connectivity index (χ3v) is 5.18. The van der Waals surface area contributed by atoms with Crippen LogP contribution in [0.25, 0.3) is 22.0 Å². The van der Waals surface area contributed by atoms with Crippen LogP contribution < -0.4 is 15.5 Å². The quantitative estimate of drug-likeness (QED) is 0.435. The van der Waals surface area contributed by atoms with Crippen LogP contribution in [-0.2, 0) is 13.2 Å². The Balaban J connectivity index is 1.53. The average Bonchev–Trinajstić information content (AvgIpc) is 3.14. The number of aromatic nitrogens is 3. The van der Waals surface area contributed by atoms with Gasteiger partial charge in [-0.15, -0.1) is 0 Å². The Labute approximate surface area is 187 Å². The van der Waals surface area contributed by atoms with Gasteiger partial charge in [0, 0.05) is 44.0 Å². The molecule has 2 heterocycles. The van der Waals surface area contributed by atoms with Crippen LogP contribution in [0.15, 0.2) is 61.1 Å². The zero-order chi connectivity index (χ0) is 23.8. The minimum Gasteiger partial charge on any atom is -0.376 e. The summed E-state index contributed by atoms with van der Waals surface area (Å²) >= 11 is 0. The van der Waals surface area contributed by atoms with Gasteiger partial charge in [0.05, 0.1) is 34.8 Å². The largest absolute Gasteiger partial charge is 0.416 e. The van der Waals surface area contributed by atoms with E-state index in [0.717, 1.165) is 34.2 Å². The van der Waals surface area contributed by atoms with Crippen LogP contribution in [0.3, 0.4) is 0 Å². The van der Waals surface area contributed by atoms with Crippen molar-refractivity contribution < 1.29 is 18.0 Å². The van der Waals surface area contributed by atoms with Gasteiger partial charge in [0.2, 0.25) is 0 Å². The molecule has 10 heteroatoms. The van der Waals surface area contributed by atoms with Gasteiger partial charge in [0.1, 0.15) is 0 Å². The van der Waals surface area contributed by atoms with Gasteiger partial charge >= 0.3 is 12.2 Å². The summed E-state index contributed by atoms with van der Waals surface area (Å²) in [6, 6.07) is 9.64. The normalized spacial score (nSPS) is 11.5. The lowest BCUT2D eigenvalue weighted by Crippen LogP contribution is -2.22. The number of alkyl halides is 3. The van der Waals surface area contributed by atoms with Crippen molar-refractivity contribution in [1.82, 2.24) is 14.8 Å². The first-order valence-electron chi connectivity index (χ1n) is 9.96. The van der Waals surface area contributed by atoms with Gasteiger partial charge in [-0.05, 0) is 35.9 Å². The molecule has 0 atom stereocenters. The van der Waals surface area contributed by atoms with Crippen molar-refractivity contribution in [3.05, 3.63) is 66.6 Å². The second-order valence-corrected chi connectivity index (χ2v) is 7.67. The van der Waals surface area contributed by atoms with Gasteiger partial charge in [-0.3, -0.25) is 9.67 Å². The van der Waals surface area contributed by atoms with Crippen molar-refractivity contribution in [2.75, 3.05) is 29.6 Å². The lowest BCUT2D eigenvalue weighted by Gasteiger charge is -2.20. The molecule has 4 rings (SSSR count). The number of carbonyl (C=O) groups is 1. The molecule has 0 saturated heterocycles. The molecular formula is C23H21F3N6O. The van der Waals surface area contributed by atoms with E-state index >= 15 is 0 Å². The maximum Gasteiger partial charge on any atom is 0.416 e. The number of benzene rings is 2. The number of carbonyl (C=O) groups excluding carboxylic acids is 1. The van der Waals surface area contributed by atoms with Gasteiger partial charge in [-0.25, -0.2) is 4.79 Å². The van der Waals surface area contributed by atoms with Crippen molar-refractivity contribution in [2.45, 2.75) is 6.18 Å². The lowest BCUT2D eigenvalue weighted by molar-refractivity contribution is -0.137. The molecule has 0 spiro atoms. The minimum atomic E-state index is -4.51. The summed E-state index contributed by atoms with van der Waals surface area (Å²) in [6.45, 7) is 0. The fourth-order valence-electron chi connectivity index (χ4n) is 3.51. The minimum absolute atomic E-state index is 0.0540. The van der Waals surface area contributed by atoms with Crippen LogP contribution >= 0.6 is 0 Å². The number of nitrogens with zero attached hydrogens (tertiary/aromatic N) is 4. The molecule has 170 valence electrons. The highest BCUT2D eigenvalue weighted by Gasteiger charge is 2.31. The first kappa shape index (κ1) is 22.1. The predicted molar refractivity (Wildman–Crippen MR) is 122 cm³/mol. The highest BCUT2D eigenvalue weighted by atomic mass is 19.4. The second-order valence-electron chi connectivity index (χ2n) is 7.67. The second kappa shape index (κ2) is 8.45. The number of pyridine rings is 1. The third kappa shape index (κ3) is 4.59. The molecule has 33 heavy (non-hydrogen) atoms. The molecule has 0 bridgehead atoms. The molecule has 0 aliphatic heterocycles. The van der Waals surface area contributed by atoms with Crippen molar-refractivity contribution in [3.8, 4) is 11.1 Å². The van der Waals surface area contributed by atoms with Gasteiger partial charge < -0.3 is 15.5 Å².